The van der Waals surface area contributed by atoms with Crippen molar-refractivity contribution < 1.29 is 14.7 Å². The number of amides is 2. The van der Waals surface area contributed by atoms with Crippen molar-refractivity contribution in [3.05, 3.63) is 22.4 Å². The summed E-state index contributed by atoms with van der Waals surface area (Å²) in [5.74, 6) is -0.849. The molecule has 0 spiro atoms. The number of carbonyl (C=O) groups excluding carboxylic acids is 1. The number of carbonyl (C=O) groups is 2. The lowest BCUT2D eigenvalue weighted by Gasteiger charge is -2.24. The first-order valence-electron chi connectivity index (χ1n) is 6.61. The van der Waals surface area contributed by atoms with Gasteiger partial charge in [-0.25, -0.2) is 4.79 Å². The smallest absolute Gasteiger partial charge is 0.315 e. The van der Waals surface area contributed by atoms with Gasteiger partial charge < -0.3 is 15.7 Å². The largest absolute Gasteiger partial charge is 0.481 e. The van der Waals surface area contributed by atoms with E-state index in [4.69, 9.17) is 5.11 Å². The van der Waals surface area contributed by atoms with E-state index in [0.29, 0.717) is 13.0 Å². The average molecular weight is 298 g/mol. The van der Waals surface area contributed by atoms with E-state index in [2.05, 4.69) is 30.5 Å². The molecule has 0 aliphatic heterocycles. The third-order valence-electron chi connectivity index (χ3n) is 3.05. The molecule has 0 bridgehead atoms. The number of carboxylic acids is 1. The van der Waals surface area contributed by atoms with E-state index in [-0.39, 0.29) is 23.9 Å². The summed E-state index contributed by atoms with van der Waals surface area (Å²) < 4.78 is 0. The summed E-state index contributed by atoms with van der Waals surface area (Å²) in [4.78, 5) is 23.4. The molecular formula is C14H22N2O3S. The number of hydrogen-bond acceptors (Lipinski definition) is 3. The van der Waals surface area contributed by atoms with Crippen molar-refractivity contribution in [1.82, 2.24) is 10.6 Å². The maximum atomic E-state index is 11.7. The van der Waals surface area contributed by atoms with Gasteiger partial charge in [-0.1, -0.05) is 19.9 Å². The minimum atomic E-state index is -0.849. The molecule has 1 rings (SSSR count). The average Bonchev–Trinajstić information content (AvgIpc) is 2.88. The van der Waals surface area contributed by atoms with Gasteiger partial charge >= 0.3 is 12.0 Å². The van der Waals surface area contributed by atoms with Crippen LogP contribution in [-0.2, 0) is 10.2 Å². The van der Waals surface area contributed by atoms with Crippen LogP contribution in [0.25, 0.3) is 0 Å². The van der Waals surface area contributed by atoms with Gasteiger partial charge in [-0.05, 0) is 24.8 Å². The van der Waals surface area contributed by atoms with Gasteiger partial charge in [0.1, 0.15) is 0 Å². The lowest BCUT2D eigenvalue weighted by atomic mass is 9.91. The van der Waals surface area contributed by atoms with Crippen molar-refractivity contribution >= 4 is 23.3 Å². The van der Waals surface area contributed by atoms with E-state index in [9.17, 15) is 9.59 Å². The molecule has 112 valence electrons. The Labute approximate surface area is 123 Å². The second-order valence-electron chi connectivity index (χ2n) is 5.52. The molecule has 1 unspecified atom stereocenters. The Morgan fingerprint density at radius 3 is 2.70 bits per heavy atom. The zero-order valence-electron chi connectivity index (χ0n) is 12.1. The van der Waals surface area contributed by atoms with E-state index in [1.54, 1.807) is 18.3 Å². The first-order valence-corrected chi connectivity index (χ1v) is 7.49. The van der Waals surface area contributed by atoms with Crippen LogP contribution in [0.15, 0.2) is 17.5 Å². The van der Waals surface area contributed by atoms with E-state index in [1.165, 1.54) is 4.88 Å². The molecule has 0 aromatic carbocycles. The molecule has 0 saturated carbocycles. The highest BCUT2D eigenvalue weighted by Gasteiger charge is 2.22. The number of rotatable bonds is 7. The summed E-state index contributed by atoms with van der Waals surface area (Å²) >= 11 is 1.67. The van der Waals surface area contributed by atoms with Crippen LogP contribution >= 0.6 is 11.3 Å². The fourth-order valence-electron chi connectivity index (χ4n) is 1.74. The molecule has 20 heavy (non-hydrogen) atoms. The number of aliphatic carboxylic acids is 1. The fourth-order valence-corrected chi connectivity index (χ4v) is 2.59. The minimum absolute atomic E-state index is 0.0577. The summed E-state index contributed by atoms with van der Waals surface area (Å²) in [7, 11) is 0. The molecule has 3 N–H and O–H groups in total. The molecular weight excluding hydrogens is 276 g/mol. The third-order valence-corrected chi connectivity index (χ3v) is 4.28. The van der Waals surface area contributed by atoms with Crippen LogP contribution in [0, 0.1) is 0 Å². The van der Waals surface area contributed by atoms with Crippen molar-refractivity contribution in [3.63, 3.8) is 0 Å². The quantitative estimate of drug-likeness (QED) is 0.724. The Bertz CT molecular complexity index is 443. The number of carboxylic acid groups (broad SMARTS) is 1. The van der Waals surface area contributed by atoms with Gasteiger partial charge in [0.05, 0.1) is 0 Å². The molecule has 1 aromatic heterocycles. The lowest BCUT2D eigenvalue weighted by Crippen LogP contribution is -2.45. The summed E-state index contributed by atoms with van der Waals surface area (Å²) in [5, 5.41) is 16.2. The third kappa shape index (κ3) is 5.61. The fraction of sp³-hybridized carbons (Fsp3) is 0.571. The van der Waals surface area contributed by atoms with Gasteiger partial charge in [0.15, 0.2) is 0 Å². The molecule has 5 nitrogen and oxygen atoms in total. The first kappa shape index (κ1) is 16.5. The Hall–Kier alpha value is -1.56. The molecule has 1 aromatic rings. The second kappa shape index (κ2) is 7.28. The summed E-state index contributed by atoms with van der Waals surface area (Å²) in [6, 6.07) is 3.64. The lowest BCUT2D eigenvalue weighted by molar-refractivity contribution is -0.137. The SMILES string of the molecule is CC(CCC(=O)O)NC(=O)NCC(C)(C)c1cccs1. The number of hydrogen-bond donors (Lipinski definition) is 3. The van der Waals surface area contributed by atoms with Crippen molar-refractivity contribution in [3.8, 4) is 0 Å². The predicted octanol–water partition coefficient (Wildman–Crippen LogP) is 2.58. The normalized spacial score (nSPS) is 12.8. The van der Waals surface area contributed by atoms with E-state index < -0.39 is 5.97 Å². The summed E-state index contributed by atoms with van der Waals surface area (Å²) in [6.07, 6.45) is 0.485. The van der Waals surface area contributed by atoms with Crippen LogP contribution in [-0.4, -0.2) is 29.7 Å². The topological polar surface area (TPSA) is 78.4 Å². The molecule has 1 atom stereocenters. The number of nitrogens with one attached hydrogen (secondary N) is 2. The van der Waals surface area contributed by atoms with Crippen molar-refractivity contribution in [2.75, 3.05) is 6.54 Å². The van der Waals surface area contributed by atoms with Gasteiger partial charge in [-0.2, -0.15) is 0 Å². The Morgan fingerprint density at radius 1 is 1.45 bits per heavy atom. The standard InChI is InChI=1S/C14H22N2O3S/c1-10(6-7-12(17)18)16-13(19)15-9-14(2,3)11-5-4-8-20-11/h4-5,8,10H,6-7,9H2,1-3H3,(H,17,18)(H2,15,16,19). The van der Waals surface area contributed by atoms with Crippen LogP contribution in [0.2, 0.25) is 0 Å². The highest BCUT2D eigenvalue weighted by atomic mass is 32.1. The molecule has 6 heteroatoms. The molecule has 1 heterocycles. The van der Waals surface area contributed by atoms with Gasteiger partial charge in [-0.3, -0.25) is 4.79 Å². The van der Waals surface area contributed by atoms with Crippen LogP contribution in [0.5, 0.6) is 0 Å². The summed E-state index contributed by atoms with van der Waals surface area (Å²) in [5.41, 5.74) is -0.115. The Balaban J connectivity index is 2.34. The molecule has 0 aliphatic carbocycles. The van der Waals surface area contributed by atoms with E-state index in [1.807, 2.05) is 11.4 Å². The zero-order chi connectivity index (χ0) is 15.2. The minimum Gasteiger partial charge on any atom is -0.481 e. The second-order valence-corrected chi connectivity index (χ2v) is 6.47. The van der Waals surface area contributed by atoms with Gasteiger partial charge in [0.2, 0.25) is 0 Å². The van der Waals surface area contributed by atoms with Gasteiger partial charge in [-0.15, -0.1) is 11.3 Å². The molecule has 0 fully saturated rings. The monoisotopic (exact) mass is 298 g/mol. The maximum absolute atomic E-state index is 11.7. The Kier molecular flexibility index (Phi) is 6.01. The summed E-state index contributed by atoms with van der Waals surface area (Å²) in [6.45, 7) is 6.48. The van der Waals surface area contributed by atoms with Crippen molar-refractivity contribution in [1.29, 1.82) is 0 Å². The van der Waals surface area contributed by atoms with Crippen LogP contribution < -0.4 is 10.6 Å². The van der Waals surface area contributed by atoms with Crippen LogP contribution in [0.4, 0.5) is 4.79 Å². The van der Waals surface area contributed by atoms with Crippen molar-refractivity contribution in [2.24, 2.45) is 0 Å². The first-order chi connectivity index (χ1) is 9.31. The highest BCUT2D eigenvalue weighted by molar-refractivity contribution is 7.10. The maximum Gasteiger partial charge on any atom is 0.315 e. The van der Waals surface area contributed by atoms with Gasteiger partial charge in [0.25, 0.3) is 0 Å². The van der Waals surface area contributed by atoms with E-state index >= 15 is 0 Å². The van der Waals surface area contributed by atoms with E-state index in [0.717, 1.165) is 0 Å². The predicted molar refractivity (Wildman–Crippen MR) is 80.2 cm³/mol. The van der Waals surface area contributed by atoms with Crippen LogP contribution in [0.3, 0.4) is 0 Å². The van der Waals surface area contributed by atoms with Crippen LogP contribution in [0.1, 0.15) is 38.5 Å². The number of thiophene rings is 1. The zero-order valence-corrected chi connectivity index (χ0v) is 12.9. The molecule has 0 saturated heterocycles. The number of urea groups is 1. The highest BCUT2D eigenvalue weighted by Crippen LogP contribution is 2.26. The molecule has 0 radical (unpaired) electrons. The van der Waals surface area contributed by atoms with Crippen molar-refractivity contribution in [2.45, 2.75) is 45.1 Å². The molecule has 0 aliphatic rings. The van der Waals surface area contributed by atoms with Gasteiger partial charge in [0, 0.05) is 29.3 Å². The Morgan fingerprint density at radius 2 is 2.15 bits per heavy atom. The molecule has 2 amide bonds.